The van der Waals surface area contributed by atoms with Crippen molar-refractivity contribution in [1.29, 1.82) is 0 Å². The monoisotopic (exact) mass is 812 g/mol. The predicted molar refractivity (Wildman–Crippen MR) is 201 cm³/mol. The molecule has 51 heavy (non-hydrogen) atoms. The molecule has 0 spiro atoms. The lowest BCUT2D eigenvalue weighted by molar-refractivity contribution is 0.0592. The number of ether oxygens (including phenoxy) is 2. The van der Waals surface area contributed by atoms with E-state index >= 15 is 0 Å². The van der Waals surface area contributed by atoms with Crippen LogP contribution in [-0.2, 0) is 22.3 Å². The Bertz CT molecular complexity index is 1790. The molecule has 0 unspecified atom stereocenters. The molecule has 0 aliphatic heterocycles. The van der Waals surface area contributed by atoms with E-state index in [1.807, 2.05) is 18.1 Å². The lowest BCUT2D eigenvalue weighted by Gasteiger charge is -2.04. The van der Waals surface area contributed by atoms with Crippen LogP contribution in [0.5, 0.6) is 0 Å². The molecule has 4 aromatic carbocycles. The third-order valence-electron chi connectivity index (χ3n) is 7.39. The van der Waals surface area contributed by atoms with Crippen molar-refractivity contribution in [3.8, 4) is 24.2 Å². The number of esters is 2. The van der Waals surface area contributed by atoms with Gasteiger partial charge in [-0.3, -0.25) is 0 Å². The fourth-order valence-corrected chi connectivity index (χ4v) is 4.96. The number of methoxy groups -OCH3 is 2. The Hall–Kier alpha value is -4.61. The minimum absolute atomic E-state index is 0.240. The zero-order valence-electron chi connectivity index (χ0n) is 29.2. The number of benzene rings is 4. The highest BCUT2D eigenvalue weighted by atomic mass is 127. The average Bonchev–Trinajstić information content (AvgIpc) is 3.12. The van der Waals surface area contributed by atoms with Gasteiger partial charge in [0.05, 0.1) is 36.5 Å². The van der Waals surface area contributed by atoms with Crippen LogP contribution in [-0.4, -0.2) is 26.2 Å². The number of terminal acetylenes is 1. The van der Waals surface area contributed by atoms with Crippen LogP contribution in [0.15, 0.2) is 72.8 Å². The molecule has 0 N–H and O–H groups in total. The van der Waals surface area contributed by atoms with Crippen LogP contribution in [0.25, 0.3) is 0 Å². The van der Waals surface area contributed by atoms with E-state index in [9.17, 15) is 27.2 Å². The van der Waals surface area contributed by atoms with Gasteiger partial charge in [0, 0.05) is 9.13 Å². The lowest BCUT2D eigenvalue weighted by atomic mass is 10.0. The highest BCUT2D eigenvalue weighted by Crippen LogP contribution is 2.18. The fraction of sp³-hybridized carbons (Fsp3) is 0.286. The van der Waals surface area contributed by atoms with E-state index in [4.69, 9.17) is 6.42 Å². The third kappa shape index (κ3) is 14.6. The summed E-state index contributed by atoms with van der Waals surface area (Å²) in [4.78, 5) is 22.3. The Morgan fingerprint density at radius 3 is 1.39 bits per heavy atom. The third-order valence-corrected chi connectivity index (χ3v) is 8.11. The molecule has 0 saturated carbocycles. The molecular formula is C42H41F4IO4. The van der Waals surface area contributed by atoms with Crippen molar-refractivity contribution in [1.82, 2.24) is 0 Å². The van der Waals surface area contributed by atoms with Crippen LogP contribution in [0.3, 0.4) is 0 Å². The Labute approximate surface area is 312 Å². The summed E-state index contributed by atoms with van der Waals surface area (Å²) in [5, 5.41) is 0. The molecule has 0 bridgehead atoms. The van der Waals surface area contributed by atoms with Crippen molar-refractivity contribution in [3.05, 3.63) is 139 Å². The molecule has 0 heterocycles. The molecule has 0 aliphatic rings. The van der Waals surface area contributed by atoms with E-state index < -0.39 is 29.2 Å². The summed E-state index contributed by atoms with van der Waals surface area (Å²) in [6, 6.07) is 18.9. The van der Waals surface area contributed by atoms with Gasteiger partial charge in [0.1, 0.15) is 23.3 Å². The van der Waals surface area contributed by atoms with E-state index in [2.05, 4.69) is 57.8 Å². The van der Waals surface area contributed by atoms with E-state index in [0.29, 0.717) is 40.7 Å². The van der Waals surface area contributed by atoms with Crippen molar-refractivity contribution in [2.24, 2.45) is 0 Å². The largest absolute Gasteiger partial charge is 0.465 e. The van der Waals surface area contributed by atoms with Crippen molar-refractivity contribution in [2.75, 3.05) is 14.2 Å². The topological polar surface area (TPSA) is 52.6 Å². The quantitative estimate of drug-likeness (QED) is 0.0526. The van der Waals surface area contributed by atoms with Gasteiger partial charge in [0.15, 0.2) is 0 Å². The van der Waals surface area contributed by atoms with Crippen molar-refractivity contribution >= 4 is 34.5 Å². The first-order valence-corrected chi connectivity index (χ1v) is 17.5. The smallest absolute Gasteiger partial charge is 0.337 e. The maximum absolute atomic E-state index is 14.1. The van der Waals surface area contributed by atoms with Crippen LogP contribution in [0.2, 0.25) is 0 Å². The number of hydrogen-bond donors (Lipinski definition) is 0. The zero-order valence-corrected chi connectivity index (χ0v) is 31.3. The van der Waals surface area contributed by atoms with Crippen LogP contribution < -0.4 is 0 Å². The summed E-state index contributed by atoms with van der Waals surface area (Å²) in [5.74, 6) is 3.96. The number of carbonyl (C=O) groups is 2. The molecule has 0 atom stereocenters. The molecule has 268 valence electrons. The van der Waals surface area contributed by atoms with E-state index in [1.54, 1.807) is 36.4 Å². The summed E-state index contributed by atoms with van der Waals surface area (Å²) in [7, 11) is 2.67. The van der Waals surface area contributed by atoms with Gasteiger partial charge in [0.25, 0.3) is 0 Å². The molecule has 0 amide bonds. The molecule has 4 rings (SSSR count). The summed E-state index contributed by atoms with van der Waals surface area (Å²) in [5.41, 5.74) is 2.35. The van der Waals surface area contributed by atoms with E-state index in [1.165, 1.54) is 38.5 Å². The van der Waals surface area contributed by atoms with Gasteiger partial charge in [0.2, 0.25) is 0 Å². The van der Waals surface area contributed by atoms with E-state index in [-0.39, 0.29) is 17.1 Å². The standard InChI is InChI=1S/C21H20F2O2.C13H14F2.C8H7IO2/c1-3-4-5-6-16-13-19(22)18(20(23)14-16)12-9-15-7-10-17(11-8-15)21(24)25-2;1-3-5-6-7-10-8-12(14)11(4-2)13(15)9-10;1-11-8(10)6-2-4-7(9)5-3-6/h7-8,10-11,13-14H,3-6H2,1-2H3;2,8-9H,3,5-7H2,1H3;2-5H,1H3. The van der Waals surface area contributed by atoms with Crippen molar-refractivity contribution in [2.45, 2.75) is 65.2 Å². The predicted octanol–water partition coefficient (Wildman–Crippen LogP) is 10.6. The minimum Gasteiger partial charge on any atom is -0.465 e. The molecule has 0 saturated heterocycles. The minimum atomic E-state index is -0.648. The Kier molecular flexibility index (Phi) is 19.2. The van der Waals surface area contributed by atoms with Gasteiger partial charge >= 0.3 is 11.9 Å². The summed E-state index contributed by atoms with van der Waals surface area (Å²) >= 11 is 2.18. The molecule has 0 aromatic heterocycles. The molecule has 4 aromatic rings. The number of rotatable bonds is 10. The second kappa shape index (κ2) is 23.0. The number of aryl methyl sites for hydroxylation is 2. The molecule has 0 aliphatic carbocycles. The normalized spacial score (nSPS) is 9.88. The van der Waals surface area contributed by atoms with Gasteiger partial charge in [-0.1, -0.05) is 57.3 Å². The maximum Gasteiger partial charge on any atom is 0.337 e. The maximum atomic E-state index is 14.1. The van der Waals surface area contributed by atoms with Crippen LogP contribution in [0.4, 0.5) is 17.6 Å². The second-order valence-electron chi connectivity index (χ2n) is 11.2. The van der Waals surface area contributed by atoms with E-state index in [0.717, 1.165) is 42.1 Å². The first kappa shape index (κ1) is 42.6. The van der Waals surface area contributed by atoms with Gasteiger partial charge in [-0.25, -0.2) is 27.2 Å². The lowest BCUT2D eigenvalue weighted by Crippen LogP contribution is -2.00. The Balaban J connectivity index is 0.000000293. The number of halogens is 5. The first-order valence-electron chi connectivity index (χ1n) is 16.4. The summed E-state index contributed by atoms with van der Waals surface area (Å²) in [6.07, 6.45) is 12.5. The van der Waals surface area contributed by atoms with Crippen LogP contribution in [0, 0.1) is 51.0 Å². The van der Waals surface area contributed by atoms with Crippen LogP contribution in [0.1, 0.15) is 101 Å². The number of hydrogen-bond acceptors (Lipinski definition) is 4. The molecule has 9 heteroatoms. The Morgan fingerprint density at radius 2 is 1.02 bits per heavy atom. The molecular weight excluding hydrogens is 771 g/mol. The van der Waals surface area contributed by atoms with Gasteiger partial charge < -0.3 is 9.47 Å². The van der Waals surface area contributed by atoms with Crippen molar-refractivity contribution in [3.63, 3.8) is 0 Å². The van der Waals surface area contributed by atoms with Gasteiger partial charge in [-0.2, -0.15) is 0 Å². The molecule has 0 fully saturated rings. The zero-order chi connectivity index (χ0) is 37.8. The van der Waals surface area contributed by atoms with Gasteiger partial charge in [-0.15, -0.1) is 6.42 Å². The summed E-state index contributed by atoms with van der Waals surface area (Å²) < 4.78 is 65.0. The second-order valence-corrected chi connectivity index (χ2v) is 12.5. The highest BCUT2D eigenvalue weighted by Gasteiger charge is 2.10. The number of unbranched alkanes of at least 4 members (excludes halogenated alkanes) is 4. The number of carbonyl (C=O) groups excluding carboxylic acids is 2. The molecule has 0 radical (unpaired) electrons. The fourth-order valence-electron chi connectivity index (χ4n) is 4.60. The van der Waals surface area contributed by atoms with Crippen LogP contribution >= 0.6 is 22.6 Å². The van der Waals surface area contributed by atoms with Crippen molar-refractivity contribution < 1.29 is 36.6 Å². The molecule has 4 nitrogen and oxygen atoms in total. The van der Waals surface area contributed by atoms with Gasteiger partial charge in [-0.05, 0) is 132 Å². The Morgan fingerprint density at radius 1 is 0.627 bits per heavy atom. The first-order chi connectivity index (χ1) is 24.5. The summed E-state index contributed by atoms with van der Waals surface area (Å²) in [6.45, 7) is 4.17. The average molecular weight is 813 g/mol. The SMILES string of the molecule is C#Cc1c(F)cc(CCCCC)cc1F.CCCCCc1cc(F)c(C#Cc2ccc(C(=O)OC)cc2)c(F)c1.COC(=O)c1ccc(I)cc1. The highest BCUT2D eigenvalue weighted by molar-refractivity contribution is 14.1.